The molecule has 1 heterocycles. The van der Waals surface area contributed by atoms with Crippen molar-refractivity contribution in [3.8, 4) is 0 Å². The van der Waals surface area contributed by atoms with E-state index in [0.717, 1.165) is 0 Å². The Labute approximate surface area is 83.0 Å². The maximum Gasteiger partial charge on any atom is 0.229 e. The number of nitrogens with zero attached hydrogens (tertiary/aromatic N) is 3. The summed E-state index contributed by atoms with van der Waals surface area (Å²) in [6.45, 7) is 0. The molecule has 7 heteroatoms. The van der Waals surface area contributed by atoms with Crippen molar-refractivity contribution in [2.45, 2.75) is 0 Å². The third kappa shape index (κ3) is 2.90. The van der Waals surface area contributed by atoms with Gasteiger partial charge in [-0.05, 0) is 0 Å². The van der Waals surface area contributed by atoms with Gasteiger partial charge >= 0.3 is 0 Å². The second kappa shape index (κ2) is 5.36. The minimum Gasteiger partial charge on any atom is -0.357 e. The van der Waals surface area contributed by atoms with E-state index in [1.54, 1.807) is 21.1 Å². The molecule has 0 amide bonds. The number of anilines is 3. The van der Waals surface area contributed by atoms with Gasteiger partial charge in [0.25, 0.3) is 0 Å². The van der Waals surface area contributed by atoms with Crippen molar-refractivity contribution < 1.29 is 0 Å². The Morgan fingerprint density at radius 3 is 1.08 bits per heavy atom. The van der Waals surface area contributed by atoms with Gasteiger partial charge in [0.1, 0.15) is 0 Å². The number of hydrogen-bond acceptors (Lipinski definition) is 6. The van der Waals surface area contributed by atoms with E-state index < -0.39 is 0 Å². The largest absolute Gasteiger partial charge is 0.357 e. The van der Waals surface area contributed by atoms with E-state index in [0.29, 0.717) is 17.8 Å². The molecular formula is C6H13ClN6. The number of hydrogen-bond donors (Lipinski definition) is 3. The van der Waals surface area contributed by atoms with Gasteiger partial charge in [0.2, 0.25) is 17.8 Å². The first-order valence-electron chi connectivity index (χ1n) is 3.59. The lowest BCUT2D eigenvalue weighted by molar-refractivity contribution is 1.04. The minimum atomic E-state index is 0. The summed E-state index contributed by atoms with van der Waals surface area (Å²) in [5.41, 5.74) is 0. The molecule has 0 saturated carbocycles. The predicted octanol–water partition coefficient (Wildman–Crippen LogP) is 0.418. The highest BCUT2D eigenvalue weighted by atomic mass is 35.5. The average Bonchev–Trinajstić information content (AvgIpc) is 2.16. The van der Waals surface area contributed by atoms with Crippen molar-refractivity contribution in [3.05, 3.63) is 0 Å². The lowest BCUT2D eigenvalue weighted by Gasteiger charge is -2.04. The van der Waals surface area contributed by atoms with Gasteiger partial charge in [-0.3, -0.25) is 0 Å². The van der Waals surface area contributed by atoms with Crippen LogP contribution in [0.5, 0.6) is 0 Å². The topological polar surface area (TPSA) is 74.8 Å². The molecule has 6 nitrogen and oxygen atoms in total. The van der Waals surface area contributed by atoms with Crippen LogP contribution in [0.4, 0.5) is 17.8 Å². The van der Waals surface area contributed by atoms with Crippen LogP contribution in [-0.2, 0) is 0 Å². The summed E-state index contributed by atoms with van der Waals surface area (Å²) in [6.07, 6.45) is 0. The molecule has 0 radical (unpaired) electrons. The highest BCUT2D eigenvalue weighted by Crippen LogP contribution is 2.06. The van der Waals surface area contributed by atoms with E-state index in [1.807, 2.05) is 0 Å². The van der Waals surface area contributed by atoms with Gasteiger partial charge in [0, 0.05) is 21.1 Å². The summed E-state index contributed by atoms with van der Waals surface area (Å²) in [4.78, 5) is 12.1. The molecule has 0 aromatic carbocycles. The van der Waals surface area contributed by atoms with Crippen LogP contribution in [0.1, 0.15) is 0 Å². The molecule has 3 N–H and O–H groups in total. The fourth-order valence-electron chi connectivity index (χ4n) is 0.711. The summed E-state index contributed by atoms with van der Waals surface area (Å²) in [5, 5.41) is 8.50. The molecular weight excluding hydrogens is 192 g/mol. The van der Waals surface area contributed by atoms with Crippen LogP contribution in [-0.4, -0.2) is 36.1 Å². The molecule has 0 saturated heterocycles. The molecule has 74 valence electrons. The number of nitrogens with one attached hydrogen (secondary N) is 3. The smallest absolute Gasteiger partial charge is 0.229 e. The zero-order valence-corrected chi connectivity index (χ0v) is 8.57. The highest BCUT2D eigenvalue weighted by molar-refractivity contribution is 5.85. The van der Waals surface area contributed by atoms with E-state index in [2.05, 4.69) is 30.9 Å². The summed E-state index contributed by atoms with van der Waals surface area (Å²) in [7, 11) is 5.27. The maximum atomic E-state index is 4.03. The van der Waals surface area contributed by atoms with E-state index >= 15 is 0 Å². The summed E-state index contributed by atoms with van der Waals surface area (Å²) in [6, 6.07) is 0. The summed E-state index contributed by atoms with van der Waals surface area (Å²) < 4.78 is 0. The highest BCUT2D eigenvalue weighted by Gasteiger charge is 2.00. The molecule has 0 atom stereocenters. The molecule has 0 aliphatic carbocycles. The zero-order valence-electron chi connectivity index (χ0n) is 7.75. The van der Waals surface area contributed by atoms with Crippen molar-refractivity contribution in [2.24, 2.45) is 0 Å². The van der Waals surface area contributed by atoms with Crippen molar-refractivity contribution in [3.63, 3.8) is 0 Å². The molecule has 0 aliphatic rings. The average molecular weight is 205 g/mol. The maximum absolute atomic E-state index is 4.03. The van der Waals surface area contributed by atoms with E-state index in [-0.39, 0.29) is 12.4 Å². The molecule has 0 unspecified atom stereocenters. The van der Waals surface area contributed by atoms with E-state index in [1.165, 1.54) is 0 Å². The Hall–Kier alpha value is -1.30. The Bertz CT molecular complexity index is 210. The standard InChI is InChI=1S/C6H12N6.ClH/c1-7-4-10-5(8-2)12-6(9-3)11-4;/h1-3H3,(H3,7,8,9,10,11,12);1H. The van der Waals surface area contributed by atoms with Crippen molar-refractivity contribution in [1.82, 2.24) is 15.0 Å². The summed E-state index contributed by atoms with van der Waals surface area (Å²) >= 11 is 0. The van der Waals surface area contributed by atoms with Crippen molar-refractivity contribution in [1.29, 1.82) is 0 Å². The van der Waals surface area contributed by atoms with Gasteiger partial charge in [0.05, 0.1) is 0 Å². The molecule has 13 heavy (non-hydrogen) atoms. The molecule has 1 aromatic heterocycles. The Morgan fingerprint density at radius 2 is 0.923 bits per heavy atom. The van der Waals surface area contributed by atoms with Gasteiger partial charge in [-0.15, -0.1) is 12.4 Å². The third-order valence-electron chi connectivity index (χ3n) is 1.31. The molecule has 0 aliphatic heterocycles. The van der Waals surface area contributed by atoms with Crippen LogP contribution in [0, 0.1) is 0 Å². The Morgan fingerprint density at radius 1 is 0.692 bits per heavy atom. The normalized spacial score (nSPS) is 8.54. The van der Waals surface area contributed by atoms with E-state index in [9.17, 15) is 0 Å². The van der Waals surface area contributed by atoms with Crippen LogP contribution < -0.4 is 16.0 Å². The van der Waals surface area contributed by atoms with Crippen LogP contribution in [0.25, 0.3) is 0 Å². The predicted molar refractivity (Wildman–Crippen MR) is 55.7 cm³/mol. The first-order valence-corrected chi connectivity index (χ1v) is 3.59. The monoisotopic (exact) mass is 204 g/mol. The summed E-state index contributed by atoms with van der Waals surface area (Å²) in [5.74, 6) is 1.62. The Kier molecular flexibility index (Phi) is 4.83. The lowest BCUT2D eigenvalue weighted by atomic mass is 10.8. The first kappa shape index (κ1) is 11.7. The van der Waals surface area contributed by atoms with Crippen molar-refractivity contribution in [2.75, 3.05) is 37.1 Å². The minimum absolute atomic E-state index is 0. The second-order valence-electron chi connectivity index (χ2n) is 2.06. The lowest BCUT2D eigenvalue weighted by Crippen LogP contribution is -2.06. The number of aromatic nitrogens is 3. The van der Waals surface area contributed by atoms with Gasteiger partial charge in [-0.25, -0.2) is 0 Å². The third-order valence-corrected chi connectivity index (χ3v) is 1.31. The number of halogens is 1. The van der Waals surface area contributed by atoms with Crippen molar-refractivity contribution >= 4 is 30.3 Å². The first-order chi connectivity index (χ1) is 5.80. The molecule has 1 rings (SSSR count). The van der Waals surface area contributed by atoms with Gasteiger partial charge in [-0.2, -0.15) is 15.0 Å². The van der Waals surface area contributed by atoms with Crippen LogP contribution in [0.3, 0.4) is 0 Å². The SMILES string of the molecule is CNc1nc(NC)nc(NC)n1.Cl. The second-order valence-corrected chi connectivity index (χ2v) is 2.06. The molecule has 0 bridgehead atoms. The fourth-order valence-corrected chi connectivity index (χ4v) is 0.711. The van der Waals surface area contributed by atoms with Gasteiger partial charge in [-0.1, -0.05) is 0 Å². The molecule has 1 aromatic rings. The quantitative estimate of drug-likeness (QED) is 0.663. The van der Waals surface area contributed by atoms with Gasteiger partial charge in [0.15, 0.2) is 0 Å². The fraction of sp³-hybridized carbons (Fsp3) is 0.500. The van der Waals surface area contributed by atoms with Crippen LogP contribution in [0.2, 0.25) is 0 Å². The molecule has 0 spiro atoms. The van der Waals surface area contributed by atoms with Crippen LogP contribution in [0.15, 0.2) is 0 Å². The Balaban J connectivity index is 0.00000144. The van der Waals surface area contributed by atoms with Gasteiger partial charge < -0.3 is 16.0 Å². The van der Waals surface area contributed by atoms with E-state index in [4.69, 9.17) is 0 Å². The zero-order chi connectivity index (χ0) is 8.97. The number of rotatable bonds is 3. The molecule has 0 fully saturated rings. The van der Waals surface area contributed by atoms with Crippen LogP contribution >= 0.6 is 12.4 Å².